The lowest BCUT2D eigenvalue weighted by atomic mass is 9.88. The van der Waals surface area contributed by atoms with Crippen molar-refractivity contribution < 1.29 is 27.0 Å². The van der Waals surface area contributed by atoms with Crippen molar-refractivity contribution >= 4 is 21.9 Å². The van der Waals surface area contributed by atoms with Gasteiger partial charge in [0.05, 0.1) is 32.0 Å². The standard InChI is InChI=1S/C16H19N3O6S/c1-23-18-14-8-19(11-16(14,10-17)12-25-26(2,21)22)15(20)24-9-13-6-4-3-5-7-13/h3-7H,8-9,11-12H2,1-2H3/b18-14-. The average Bonchev–Trinajstić information content (AvgIpc) is 2.98. The highest BCUT2D eigenvalue weighted by molar-refractivity contribution is 7.85. The van der Waals surface area contributed by atoms with Gasteiger partial charge in [-0.1, -0.05) is 35.5 Å². The molecule has 2 rings (SSSR count). The second-order valence-corrected chi connectivity index (χ2v) is 7.42. The summed E-state index contributed by atoms with van der Waals surface area (Å²) in [7, 11) is -2.47. The van der Waals surface area contributed by atoms with Crippen LogP contribution in [0.2, 0.25) is 0 Å². The van der Waals surface area contributed by atoms with Gasteiger partial charge >= 0.3 is 6.09 Å². The molecule has 1 aromatic carbocycles. The van der Waals surface area contributed by atoms with E-state index in [2.05, 4.69) is 5.16 Å². The second kappa shape index (κ2) is 8.16. The summed E-state index contributed by atoms with van der Waals surface area (Å²) in [6.07, 6.45) is 0.237. The van der Waals surface area contributed by atoms with Crippen LogP contribution in [0.1, 0.15) is 5.56 Å². The number of oxime groups is 1. The number of rotatable bonds is 6. The van der Waals surface area contributed by atoms with Crippen LogP contribution >= 0.6 is 0 Å². The molecular formula is C16H19N3O6S. The van der Waals surface area contributed by atoms with Crippen LogP contribution in [0.4, 0.5) is 4.79 Å². The summed E-state index contributed by atoms with van der Waals surface area (Å²) in [5.74, 6) is 0. The Morgan fingerprint density at radius 3 is 2.65 bits per heavy atom. The fourth-order valence-electron chi connectivity index (χ4n) is 2.44. The molecule has 0 bridgehead atoms. The van der Waals surface area contributed by atoms with Gasteiger partial charge in [0.25, 0.3) is 10.1 Å². The van der Waals surface area contributed by atoms with Crippen LogP contribution in [-0.4, -0.2) is 58.2 Å². The molecular weight excluding hydrogens is 362 g/mol. The van der Waals surface area contributed by atoms with Gasteiger partial charge in [-0.05, 0) is 5.56 Å². The van der Waals surface area contributed by atoms with E-state index in [9.17, 15) is 18.5 Å². The Kier molecular flexibility index (Phi) is 6.18. The van der Waals surface area contributed by atoms with Crippen LogP contribution in [0.5, 0.6) is 0 Å². The van der Waals surface area contributed by atoms with Gasteiger partial charge in [0, 0.05) is 0 Å². The number of likely N-dealkylation sites (tertiary alicyclic amines) is 1. The first-order valence-corrected chi connectivity index (χ1v) is 9.43. The zero-order chi connectivity index (χ0) is 19.2. The van der Waals surface area contributed by atoms with E-state index in [1.165, 1.54) is 12.0 Å². The molecule has 1 fully saturated rings. The number of nitrogens with zero attached hydrogens (tertiary/aromatic N) is 3. The zero-order valence-corrected chi connectivity index (χ0v) is 15.2. The fourth-order valence-corrected chi connectivity index (χ4v) is 2.86. The topological polar surface area (TPSA) is 118 Å². The maximum absolute atomic E-state index is 12.3. The van der Waals surface area contributed by atoms with Crippen molar-refractivity contribution in [2.24, 2.45) is 10.6 Å². The summed E-state index contributed by atoms with van der Waals surface area (Å²) in [6.45, 7) is -0.531. The maximum atomic E-state index is 12.3. The van der Waals surface area contributed by atoms with Crippen LogP contribution in [0.15, 0.2) is 35.5 Å². The molecule has 0 aliphatic carbocycles. The van der Waals surface area contributed by atoms with E-state index < -0.39 is 28.2 Å². The monoisotopic (exact) mass is 381 g/mol. The van der Waals surface area contributed by atoms with E-state index >= 15 is 0 Å². The van der Waals surface area contributed by atoms with E-state index in [0.717, 1.165) is 11.8 Å². The molecule has 10 heteroatoms. The molecule has 1 unspecified atom stereocenters. The highest BCUT2D eigenvalue weighted by Gasteiger charge is 2.48. The Morgan fingerprint density at radius 1 is 1.38 bits per heavy atom. The number of benzene rings is 1. The van der Waals surface area contributed by atoms with Crippen molar-refractivity contribution in [1.82, 2.24) is 4.90 Å². The first-order chi connectivity index (χ1) is 12.3. The lowest BCUT2D eigenvalue weighted by Crippen LogP contribution is -2.36. The lowest BCUT2D eigenvalue weighted by Gasteiger charge is -2.20. The predicted octanol–water partition coefficient (Wildman–Crippen LogP) is 1.13. The number of hydrogen-bond donors (Lipinski definition) is 0. The normalized spacial score (nSPS) is 21.4. The van der Waals surface area contributed by atoms with E-state index in [0.29, 0.717) is 0 Å². The molecule has 0 radical (unpaired) electrons. The number of carbonyl (C=O) groups excluding carboxylic acids is 1. The van der Waals surface area contributed by atoms with Crippen molar-refractivity contribution in [3.8, 4) is 6.07 Å². The van der Waals surface area contributed by atoms with Crippen molar-refractivity contribution in [2.45, 2.75) is 6.61 Å². The van der Waals surface area contributed by atoms with Crippen LogP contribution in [0.25, 0.3) is 0 Å². The summed E-state index contributed by atoms with van der Waals surface area (Å²) in [6, 6.07) is 11.1. The van der Waals surface area contributed by atoms with Crippen LogP contribution < -0.4 is 0 Å². The quantitative estimate of drug-likeness (QED) is 0.535. The number of amides is 1. The van der Waals surface area contributed by atoms with Crippen LogP contribution in [0, 0.1) is 16.7 Å². The average molecular weight is 381 g/mol. The number of nitriles is 1. The molecule has 9 nitrogen and oxygen atoms in total. The van der Waals surface area contributed by atoms with Crippen molar-refractivity contribution in [1.29, 1.82) is 5.26 Å². The molecule has 0 spiro atoms. The van der Waals surface area contributed by atoms with Gasteiger partial charge < -0.3 is 14.5 Å². The first kappa shape index (κ1) is 19.7. The minimum absolute atomic E-state index is 0.0256. The summed E-state index contributed by atoms with van der Waals surface area (Å²) >= 11 is 0. The Balaban J connectivity index is 2.10. The highest BCUT2D eigenvalue weighted by Crippen LogP contribution is 2.29. The maximum Gasteiger partial charge on any atom is 0.410 e. The minimum atomic E-state index is -3.76. The van der Waals surface area contributed by atoms with Crippen molar-refractivity contribution in [3.05, 3.63) is 35.9 Å². The van der Waals surface area contributed by atoms with Crippen LogP contribution in [-0.2, 0) is 30.5 Å². The Bertz CT molecular complexity index is 818. The zero-order valence-electron chi connectivity index (χ0n) is 14.4. The molecule has 26 heavy (non-hydrogen) atoms. The summed E-state index contributed by atoms with van der Waals surface area (Å²) in [5, 5.41) is 13.3. The molecule has 0 aromatic heterocycles. The van der Waals surface area contributed by atoms with E-state index in [-0.39, 0.29) is 25.4 Å². The lowest BCUT2D eigenvalue weighted by molar-refractivity contribution is 0.0993. The highest BCUT2D eigenvalue weighted by atomic mass is 32.2. The van der Waals surface area contributed by atoms with E-state index in [1.54, 1.807) is 0 Å². The minimum Gasteiger partial charge on any atom is -0.445 e. The summed E-state index contributed by atoms with van der Waals surface area (Å²) in [4.78, 5) is 18.3. The third-order valence-electron chi connectivity index (χ3n) is 3.75. The van der Waals surface area contributed by atoms with Gasteiger partial charge in [0.15, 0.2) is 0 Å². The van der Waals surface area contributed by atoms with Gasteiger partial charge in [-0.3, -0.25) is 4.18 Å². The predicted molar refractivity (Wildman–Crippen MR) is 91.5 cm³/mol. The van der Waals surface area contributed by atoms with Gasteiger partial charge in [-0.25, -0.2) is 4.79 Å². The Hall–Kier alpha value is -2.64. The Labute approximate surface area is 151 Å². The van der Waals surface area contributed by atoms with Crippen molar-refractivity contribution in [3.63, 3.8) is 0 Å². The van der Waals surface area contributed by atoms with Gasteiger partial charge in [0.2, 0.25) is 0 Å². The molecule has 1 aliphatic heterocycles. The SMILES string of the molecule is CO/N=C1/CN(C(=O)OCc2ccccc2)CC1(C#N)COS(C)(=O)=O. The number of carbonyl (C=O) groups is 1. The summed E-state index contributed by atoms with van der Waals surface area (Å²) in [5.41, 5.74) is -0.411. The van der Waals surface area contributed by atoms with Gasteiger partial charge in [-0.2, -0.15) is 13.7 Å². The van der Waals surface area contributed by atoms with Gasteiger partial charge in [0.1, 0.15) is 24.8 Å². The number of ether oxygens (including phenoxy) is 1. The fraction of sp³-hybridized carbons (Fsp3) is 0.438. The molecule has 1 aromatic rings. The molecule has 140 valence electrons. The molecule has 1 atom stereocenters. The van der Waals surface area contributed by atoms with Crippen LogP contribution in [0.3, 0.4) is 0 Å². The van der Waals surface area contributed by atoms with E-state index in [4.69, 9.17) is 13.8 Å². The molecule has 1 aliphatic rings. The first-order valence-electron chi connectivity index (χ1n) is 7.61. The molecule has 1 amide bonds. The Morgan fingerprint density at radius 2 is 2.08 bits per heavy atom. The van der Waals surface area contributed by atoms with E-state index in [1.807, 2.05) is 36.4 Å². The molecule has 1 heterocycles. The third kappa shape index (κ3) is 4.93. The summed E-state index contributed by atoms with van der Waals surface area (Å²) < 4.78 is 32.6. The van der Waals surface area contributed by atoms with Gasteiger partial charge in [-0.15, -0.1) is 0 Å². The molecule has 1 saturated heterocycles. The van der Waals surface area contributed by atoms with Crippen molar-refractivity contribution in [2.75, 3.05) is 33.1 Å². The molecule has 0 saturated carbocycles. The number of hydrogen-bond acceptors (Lipinski definition) is 8. The molecule has 0 N–H and O–H groups in total. The third-order valence-corrected chi connectivity index (χ3v) is 4.30. The second-order valence-electron chi connectivity index (χ2n) is 5.78. The smallest absolute Gasteiger partial charge is 0.410 e. The largest absolute Gasteiger partial charge is 0.445 e.